The molecule has 0 unspecified atom stereocenters. The minimum absolute atomic E-state index is 0.0552. The number of hydrogen-bond acceptors (Lipinski definition) is 4. The SMILES string of the molecule is O=C(COC(=O)Cc1ccccc1)Nc1ccc(OC(F)F)c(Cl)c1. The zero-order valence-electron chi connectivity index (χ0n) is 12.9. The van der Waals surface area contributed by atoms with Crippen molar-refractivity contribution < 1.29 is 27.8 Å². The van der Waals surface area contributed by atoms with E-state index in [1.807, 2.05) is 6.07 Å². The van der Waals surface area contributed by atoms with Crippen molar-refractivity contribution in [3.8, 4) is 5.75 Å². The van der Waals surface area contributed by atoms with Crippen molar-refractivity contribution in [1.29, 1.82) is 0 Å². The fourth-order valence-corrected chi connectivity index (χ4v) is 2.15. The summed E-state index contributed by atoms with van der Waals surface area (Å²) in [6.45, 7) is -3.47. The molecule has 0 aliphatic carbocycles. The van der Waals surface area contributed by atoms with Gasteiger partial charge < -0.3 is 14.8 Å². The minimum atomic E-state index is -3.00. The molecule has 0 aromatic heterocycles. The Hall–Kier alpha value is -2.67. The number of carbonyl (C=O) groups excluding carboxylic acids is 2. The second kappa shape index (κ2) is 8.98. The molecule has 0 fully saturated rings. The second-order valence-electron chi connectivity index (χ2n) is 4.89. The lowest BCUT2D eigenvalue weighted by Crippen LogP contribution is -2.21. The van der Waals surface area contributed by atoms with Gasteiger partial charge in [0, 0.05) is 5.69 Å². The second-order valence-corrected chi connectivity index (χ2v) is 5.30. The highest BCUT2D eigenvalue weighted by atomic mass is 35.5. The highest BCUT2D eigenvalue weighted by Crippen LogP contribution is 2.28. The molecule has 0 atom stereocenters. The Morgan fingerprint density at radius 3 is 2.48 bits per heavy atom. The van der Waals surface area contributed by atoms with Crippen LogP contribution in [0.5, 0.6) is 5.75 Å². The fraction of sp³-hybridized carbons (Fsp3) is 0.176. The van der Waals surface area contributed by atoms with Crippen molar-refractivity contribution >= 4 is 29.2 Å². The van der Waals surface area contributed by atoms with Gasteiger partial charge in [0.05, 0.1) is 11.4 Å². The van der Waals surface area contributed by atoms with Gasteiger partial charge >= 0.3 is 12.6 Å². The van der Waals surface area contributed by atoms with E-state index < -0.39 is 25.1 Å². The number of ether oxygens (including phenoxy) is 2. The van der Waals surface area contributed by atoms with Crippen molar-refractivity contribution in [1.82, 2.24) is 0 Å². The maximum atomic E-state index is 12.1. The van der Waals surface area contributed by atoms with Crippen molar-refractivity contribution in [2.75, 3.05) is 11.9 Å². The van der Waals surface area contributed by atoms with E-state index in [4.69, 9.17) is 16.3 Å². The molecular weight excluding hydrogens is 356 g/mol. The Bertz CT molecular complexity index is 741. The molecule has 0 radical (unpaired) electrons. The predicted molar refractivity (Wildman–Crippen MR) is 87.8 cm³/mol. The van der Waals surface area contributed by atoms with Gasteiger partial charge in [-0.15, -0.1) is 0 Å². The average molecular weight is 370 g/mol. The Balaban J connectivity index is 1.82. The largest absolute Gasteiger partial charge is 0.455 e. The maximum absolute atomic E-state index is 12.1. The van der Waals surface area contributed by atoms with Gasteiger partial charge in [0.2, 0.25) is 0 Å². The number of amides is 1. The van der Waals surface area contributed by atoms with E-state index in [9.17, 15) is 18.4 Å². The number of alkyl halides is 2. The summed E-state index contributed by atoms with van der Waals surface area (Å²) in [5.41, 5.74) is 1.03. The zero-order chi connectivity index (χ0) is 18.2. The van der Waals surface area contributed by atoms with E-state index in [1.165, 1.54) is 18.2 Å². The van der Waals surface area contributed by atoms with Crippen LogP contribution in [0.3, 0.4) is 0 Å². The van der Waals surface area contributed by atoms with Crippen molar-refractivity contribution in [2.45, 2.75) is 13.0 Å². The predicted octanol–water partition coefficient (Wildman–Crippen LogP) is 3.67. The molecular formula is C17H14ClF2NO4. The number of halogens is 3. The van der Waals surface area contributed by atoms with Crippen LogP contribution in [0.1, 0.15) is 5.56 Å². The van der Waals surface area contributed by atoms with Crippen LogP contribution in [0.2, 0.25) is 5.02 Å². The topological polar surface area (TPSA) is 64.6 Å². The van der Waals surface area contributed by atoms with Crippen LogP contribution >= 0.6 is 11.6 Å². The van der Waals surface area contributed by atoms with Crippen molar-refractivity contribution in [3.05, 3.63) is 59.1 Å². The van der Waals surface area contributed by atoms with Gasteiger partial charge in [-0.25, -0.2) is 0 Å². The van der Waals surface area contributed by atoms with Crippen LogP contribution < -0.4 is 10.1 Å². The molecule has 0 saturated carbocycles. The van der Waals surface area contributed by atoms with E-state index in [-0.39, 0.29) is 22.9 Å². The average Bonchev–Trinajstić information content (AvgIpc) is 2.56. The fourth-order valence-electron chi connectivity index (χ4n) is 1.93. The zero-order valence-corrected chi connectivity index (χ0v) is 13.6. The van der Waals surface area contributed by atoms with Gasteiger partial charge in [-0.2, -0.15) is 8.78 Å². The van der Waals surface area contributed by atoms with E-state index in [0.29, 0.717) is 0 Å². The number of anilines is 1. The van der Waals surface area contributed by atoms with Crippen LogP contribution in [-0.2, 0) is 20.7 Å². The molecule has 0 aliphatic heterocycles. The van der Waals surface area contributed by atoms with Gasteiger partial charge in [0.15, 0.2) is 6.61 Å². The van der Waals surface area contributed by atoms with E-state index >= 15 is 0 Å². The Morgan fingerprint density at radius 2 is 1.84 bits per heavy atom. The maximum Gasteiger partial charge on any atom is 0.387 e. The summed E-state index contributed by atoms with van der Waals surface area (Å²) in [6.07, 6.45) is 0.0552. The van der Waals surface area contributed by atoms with Gasteiger partial charge in [-0.05, 0) is 23.8 Å². The summed E-state index contributed by atoms with van der Waals surface area (Å²) in [6, 6.07) is 12.7. The van der Waals surface area contributed by atoms with Crippen LogP contribution in [-0.4, -0.2) is 25.1 Å². The third kappa shape index (κ3) is 6.39. The van der Waals surface area contributed by atoms with E-state index in [0.717, 1.165) is 5.56 Å². The molecule has 0 spiro atoms. The van der Waals surface area contributed by atoms with Gasteiger partial charge in [-0.1, -0.05) is 41.9 Å². The first-order valence-corrected chi connectivity index (χ1v) is 7.55. The summed E-state index contributed by atoms with van der Waals surface area (Å²) in [4.78, 5) is 23.4. The molecule has 5 nitrogen and oxygen atoms in total. The van der Waals surface area contributed by atoms with Gasteiger partial charge in [-0.3, -0.25) is 9.59 Å². The lowest BCUT2D eigenvalue weighted by Gasteiger charge is -2.10. The van der Waals surface area contributed by atoms with Crippen LogP contribution in [0, 0.1) is 0 Å². The van der Waals surface area contributed by atoms with Crippen molar-refractivity contribution in [3.63, 3.8) is 0 Å². The monoisotopic (exact) mass is 369 g/mol. The highest BCUT2D eigenvalue weighted by molar-refractivity contribution is 6.32. The molecule has 1 N–H and O–H groups in total. The first kappa shape index (κ1) is 18.7. The summed E-state index contributed by atoms with van der Waals surface area (Å²) < 4.78 is 33.4. The van der Waals surface area contributed by atoms with Crippen LogP contribution in [0.15, 0.2) is 48.5 Å². The Kier molecular flexibility index (Phi) is 6.71. The van der Waals surface area contributed by atoms with E-state index in [2.05, 4.69) is 10.1 Å². The van der Waals surface area contributed by atoms with Crippen LogP contribution in [0.4, 0.5) is 14.5 Å². The summed E-state index contributed by atoms with van der Waals surface area (Å²) >= 11 is 5.78. The number of rotatable bonds is 7. The molecule has 0 bridgehead atoms. The molecule has 2 aromatic rings. The first-order chi connectivity index (χ1) is 11.9. The van der Waals surface area contributed by atoms with E-state index in [1.54, 1.807) is 24.3 Å². The molecule has 1 amide bonds. The smallest absolute Gasteiger partial charge is 0.387 e. The van der Waals surface area contributed by atoms with Crippen LogP contribution in [0.25, 0.3) is 0 Å². The molecule has 2 aromatic carbocycles. The molecule has 25 heavy (non-hydrogen) atoms. The number of benzene rings is 2. The number of hydrogen-bond donors (Lipinski definition) is 1. The number of carbonyl (C=O) groups is 2. The molecule has 132 valence electrons. The number of esters is 1. The summed E-state index contributed by atoms with van der Waals surface area (Å²) in [7, 11) is 0. The molecule has 2 rings (SSSR count). The Morgan fingerprint density at radius 1 is 1.12 bits per heavy atom. The molecule has 8 heteroatoms. The highest BCUT2D eigenvalue weighted by Gasteiger charge is 2.12. The molecule has 0 saturated heterocycles. The first-order valence-electron chi connectivity index (χ1n) is 7.18. The number of nitrogens with one attached hydrogen (secondary N) is 1. The third-order valence-electron chi connectivity index (χ3n) is 2.99. The lowest BCUT2D eigenvalue weighted by atomic mass is 10.2. The normalized spacial score (nSPS) is 10.4. The third-order valence-corrected chi connectivity index (χ3v) is 3.28. The van der Waals surface area contributed by atoms with Gasteiger partial charge in [0.25, 0.3) is 5.91 Å². The minimum Gasteiger partial charge on any atom is -0.455 e. The molecule has 0 heterocycles. The van der Waals surface area contributed by atoms with Gasteiger partial charge in [0.1, 0.15) is 5.75 Å². The lowest BCUT2D eigenvalue weighted by molar-refractivity contribution is -0.146. The van der Waals surface area contributed by atoms with Crippen molar-refractivity contribution in [2.24, 2.45) is 0 Å². The molecule has 0 aliphatic rings. The summed E-state index contributed by atoms with van der Waals surface area (Å²) in [5.74, 6) is -1.33. The quantitative estimate of drug-likeness (QED) is 0.756. The standard InChI is InChI=1S/C17H14ClF2NO4/c18-13-9-12(6-7-14(13)25-17(19)20)21-15(22)10-24-16(23)8-11-4-2-1-3-5-11/h1-7,9,17H,8,10H2,(H,21,22). The Labute approximate surface area is 147 Å². The summed E-state index contributed by atoms with van der Waals surface area (Å²) in [5, 5.41) is 2.35.